The van der Waals surface area contributed by atoms with E-state index < -0.39 is 0 Å². The molecule has 1 aromatic rings. The number of rotatable bonds is 3. The van der Waals surface area contributed by atoms with E-state index in [2.05, 4.69) is 6.92 Å². The number of benzene rings is 1. The molecule has 0 bridgehead atoms. The lowest BCUT2D eigenvalue weighted by Gasteiger charge is -2.08. The number of aromatic hydroxyl groups is 1. The van der Waals surface area contributed by atoms with Gasteiger partial charge < -0.3 is 10.8 Å². The third-order valence-corrected chi connectivity index (χ3v) is 2.26. The molecule has 0 fully saturated rings. The van der Waals surface area contributed by atoms with Crippen LogP contribution in [-0.4, -0.2) is 11.7 Å². The maximum atomic E-state index is 9.69. The van der Waals surface area contributed by atoms with Gasteiger partial charge in [0.25, 0.3) is 0 Å². The standard InChI is InChI=1S/C11H17NO/c1-3-9-6-8(2)11(13)10(7-9)4-5-12/h6-7,13H,3-5,12H2,1-2H3. The highest BCUT2D eigenvalue weighted by atomic mass is 16.3. The molecule has 13 heavy (non-hydrogen) atoms. The van der Waals surface area contributed by atoms with E-state index in [4.69, 9.17) is 5.73 Å². The summed E-state index contributed by atoms with van der Waals surface area (Å²) < 4.78 is 0. The van der Waals surface area contributed by atoms with E-state index in [-0.39, 0.29) is 0 Å². The van der Waals surface area contributed by atoms with Crippen LogP contribution in [0.15, 0.2) is 12.1 Å². The summed E-state index contributed by atoms with van der Waals surface area (Å²) in [5.74, 6) is 0.405. The van der Waals surface area contributed by atoms with Crippen molar-refractivity contribution in [1.29, 1.82) is 0 Å². The van der Waals surface area contributed by atoms with Crippen LogP contribution >= 0.6 is 0 Å². The van der Waals surface area contributed by atoms with Crippen LogP contribution in [0.2, 0.25) is 0 Å². The van der Waals surface area contributed by atoms with Gasteiger partial charge in [-0.15, -0.1) is 0 Å². The van der Waals surface area contributed by atoms with Crippen molar-refractivity contribution in [2.45, 2.75) is 26.7 Å². The first-order valence-electron chi connectivity index (χ1n) is 4.70. The smallest absolute Gasteiger partial charge is 0.121 e. The molecular formula is C11H17NO. The molecule has 0 heterocycles. The van der Waals surface area contributed by atoms with Gasteiger partial charge >= 0.3 is 0 Å². The minimum absolute atomic E-state index is 0.405. The zero-order valence-corrected chi connectivity index (χ0v) is 8.30. The summed E-state index contributed by atoms with van der Waals surface area (Å²) in [5.41, 5.74) is 8.64. The van der Waals surface area contributed by atoms with E-state index >= 15 is 0 Å². The molecule has 0 unspecified atom stereocenters. The van der Waals surface area contributed by atoms with Gasteiger partial charge in [0.1, 0.15) is 5.75 Å². The monoisotopic (exact) mass is 179 g/mol. The topological polar surface area (TPSA) is 46.2 Å². The Hall–Kier alpha value is -1.02. The molecule has 0 saturated heterocycles. The molecule has 2 nitrogen and oxygen atoms in total. The third-order valence-electron chi connectivity index (χ3n) is 2.26. The minimum atomic E-state index is 0.405. The molecule has 2 heteroatoms. The summed E-state index contributed by atoms with van der Waals surface area (Å²) in [6.07, 6.45) is 1.75. The van der Waals surface area contributed by atoms with Crippen LogP contribution < -0.4 is 5.73 Å². The highest BCUT2D eigenvalue weighted by Gasteiger charge is 2.05. The fourth-order valence-corrected chi connectivity index (χ4v) is 1.48. The molecule has 72 valence electrons. The Morgan fingerprint density at radius 3 is 2.62 bits per heavy atom. The van der Waals surface area contributed by atoms with Crippen LogP contribution in [-0.2, 0) is 12.8 Å². The van der Waals surface area contributed by atoms with E-state index in [1.165, 1.54) is 5.56 Å². The number of hydrogen-bond acceptors (Lipinski definition) is 2. The molecule has 1 aromatic carbocycles. The average Bonchev–Trinajstić information content (AvgIpc) is 2.13. The molecule has 0 saturated carbocycles. The van der Waals surface area contributed by atoms with Gasteiger partial charge in [0, 0.05) is 0 Å². The zero-order chi connectivity index (χ0) is 9.84. The Morgan fingerprint density at radius 1 is 1.38 bits per heavy atom. The number of phenolic OH excluding ortho intramolecular Hbond substituents is 1. The third kappa shape index (κ3) is 2.22. The largest absolute Gasteiger partial charge is 0.507 e. The normalized spacial score (nSPS) is 10.4. The second-order valence-electron chi connectivity index (χ2n) is 3.31. The first kappa shape index (κ1) is 10.1. The van der Waals surface area contributed by atoms with Gasteiger partial charge in [-0.3, -0.25) is 0 Å². The van der Waals surface area contributed by atoms with Crippen LogP contribution in [0.4, 0.5) is 0 Å². The fraction of sp³-hybridized carbons (Fsp3) is 0.455. The summed E-state index contributed by atoms with van der Waals surface area (Å²) in [7, 11) is 0. The number of nitrogens with two attached hydrogens (primary N) is 1. The van der Waals surface area contributed by atoms with Crippen molar-refractivity contribution >= 4 is 0 Å². The lowest BCUT2D eigenvalue weighted by molar-refractivity contribution is 0.463. The Balaban J connectivity index is 3.09. The van der Waals surface area contributed by atoms with Crippen LogP contribution in [0.1, 0.15) is 23.6 Å². The highest BCUT2D eigenvalue weighted by Crippen LogP contribution is 2.24. The second kappa shape index (κ2) is 4.28. The summed E-state index contributed by atoms with van der Waals surface area (Å²) >= 11 is 0. The SMILES string of the molecule is CCc1cc(C)c(O)c(CCN)c1. The molecule has 0 aliphatic heterocycles. The molecule has 1 rings (SSSR count). The van der Waals surface area contributed by atoms with Gasteiger partial charge in [-0.25, -0.2) is 0 Å². The van der Waals surface area contributed by atoms with Gasteiger partial charge in [-0.1, -0.05) is 19.1 Å². The number of phenols is 1. The average molecular weight is 179 g/mol. The van der Waals surface area contributed by atoms with Gasteiger partial charge in [0.15, 0.2) is 0 Å². The van der Waals surface area contributed by atoms with E-state index in [0.717, 1.165) is 24.0 Å². The molecule has 0 aliphatic carbocycles. The van der Waals surface area contributed by atoms with Gasteiger partial charge in [-0.2, -0.15) is 0 Å². The summed E-state index contributed by atoms with van der Waals surface area (Å²) in [5, 5.41) is 9.69. The molecule has 0 aromatic heterocycles. The highest BCUT2D eigenvalue weighted by molar-refractivity contribution is 5.43. The lowest BCUT2D eigenvalue weighted by atomic mass is 10.0. The van der Waals surface area contributed by atoms with E-state index in [1.54, 1.807) is 0 Å². The molecule has 3 N–H and O–H groups in total. The molecule has 0 radical (unpaired) electrons. The van der Waals surface area contributed by atoms with Crippen LogP contribution in [0, 0.1) is 6.92 Å². The maximum absolute atomic E-state index is 9.69. The quantitative estimate of drug-likeness (QED) is 0.742. The Morgan fingerprint density at radius 2 is 2.08 bits per heavy atom. The Kier molecular flexibility index (Phi) is 3.32. The van der Waals surface area contributed by atoms with Crippen molar-refractivity contribution in [2.75, 3.05) is 6.54 Å². The summed E-state index contributed by atoms with van der Waals surface area (Å²) in [4.78, 5) is 0. The van der Waals surface area contributed by atoms with E-state index in [1.807, 2.05) is 19.1 Å². The predicted octanol–water partition coefficient (Wildman–Crippen LogP) is 1.76. The maximum Gasteiger partial charge on any atom is 0.121 e. The molecular weight excluding hydrogens is 162 g/mol. The second-order valence-corrected chi connectivity index (χ2v) is 3.31. The van der Waals surface area contributed by atoms with Gasteiger partial charge in [0.05, 0.1) is 0 Å². The van der Waals surface area contributed by atoms with E-state index in [9.17, 15) is 5.11 Å². The minimum Gasteiger partial charge on any atom is -0.507 e. The predicted molar refractivity (Wildman–Crippen MR) is 55.0 cm³/mol. The fourth-order valence-electron chi connectivity index (χ4n) is 1.48. The van der Waals surface area contributed by atoms with E-state index in [0.29, 0.717) is 12.3 Å². The number of aryl methyl sites for hydroxylation is 2. The zero-order valence-electron chi connectivity index (χ0n) is 8.30. The molecule has 0 amide bonds. The van der Waals surface area contributed by atoms with Crippen molar-refractivity contribution in [3.05, 3.63) is 28.8 Å². The van der Waals surface area contributed by atoms with Crippen molar-refractivity contribution in [1.82, 2.24) is 0 Å². The van der Waals surface area contributed by atoms with Crippen molar-refractivity contribution in [2.24, 2.45) is 5.73 Å². The van der Waals surface area contributed by atoms with Crippen molar-refractivity contribution in [3.63, 3.8) is 0 Å². The van der Waals surface area contributed by atoms with Gasteiger partial charge in [-0.05, 0) is 43.0 Å². The van der Waals surface area contributed by atoms with Crippen LogP contribution in [0.3, 0.4) is 0 Å². The molecule has 0 spiro atoms. The van der Waals surface area contributed by atoms with Crippen LogP contribution in [0.5, 0.6) is 5.75 Å². The molecule has 0 aliphatic rings. The first-order valence-corrected chi connectivity index (χ1v) is 4.70. The Labute approximate surface area is 79.4 Å². The summed E-state index contributed by atoms with van der Waals surface area (Å²) in [6, 6.07) is 4.06. The van der Waals surface area contributed by atoms with Crippen molar-refractivity contribution in [3.8, 4) is 5.75 Å². The van der Waals surface area contributed by atoms with Crippen molar-refractivity contribution < 1.29 is 5.11 Å². The number of hydrogen-bond donors (Lipinski definition) is 2. The molecule has 0 atom stereocenters. The summed E-state index contributed by atoms with van der Waals surface area (Å²) in [6.45, 7) is 4.62. The first-order chi connectivity index (χ1) is 6.19. The van der Waals surface area contributed by atoms with Gasteiger partial charge in [0.2, 0.25) is 0 Å². The van der Waals surface area contributed by atoms with Crippen LogP contribution in [0.25, 0.3) is 0 Å². The lowest BCUT2D eigenvalue weighted by Crippen LogP contribution is -2.04. The Bertz CT molecular complexity index is 294.